The van der Waals surface area contributed by atoms with Gasteiger partial charge in [-0.05, 0) is 18.8 Å². The van der Waals surface area contributed by atoms with E-state index in [4.69, 9.17) is 0 Å². The molecule has 0 spiro atoms. The minimum Gasteiger partial charge on any atom is -0.285 e. The summed E-state index contributed by atoms with van der Waals surface area (Å²) in [4.78, 5) is 8.83. The number of hydrogen-bond donors (Lipinski definition) is 1. The maximum absolute atomic E-state index is 12.2. The maximum Gasteiger partial charge on any atom is 0.281 e. The lowest BCUT2D eigenvalue weighted by molar-refractivity contribution is 0.409. The predicted molar refractivity (Wildman–Crippen MR) is 85.6 cm³/mol. The summed E-state index contributed by atoms with van der Waals surface area (Å²) in [5.41, 5.74) is 2.57. The topological polar surface area (TPSA) is 95.1 Å². The molecule has 0 radical (unpaired) electrons. The van der Waals surface area contributed by atoms with Crippen molar-refractivity contribution >= 4 is 10.2 Å². The van der Waals surface area contributed by atoms with Crippen LogP contribution in [0.15, 0.2) is 24.8 Å². The summed E-state index contributed by atoms with van der Waals surface area (Å²) in [6.45, 7) is 1.06. The third-order valence-electron chi connectivity index (χ3n) is 4.06. The number of H-pyrrole nitrogens is 1. The summed E-state index contributed by atoms with van der Waals surface area (Å²) in [6, 6.07) is 0. The summed E-state index contributed by atoms with van der Waals surface area (Å²) < 4.78 is 27.2. The first kappa shape index (κ1) is 16.0. The molecule has 124 valence electrons. The fraction of sp³-hybridized carbons (Fsp3) is 0.500. The van der Waals surface area contributed by atoms with Gasteiger partial charge in [-0.3, -0.25) is 15.1 Å². The molecule has 3 rings (SSSR count). The Balaban J connectivity index is 1.75. The van der Waals surface area contributed by atoms with Crippen LogP contribution in [0.3, 0.4) is 0 Å². The van der Waals surface area contributed by atoms with Crippen molar-refractivity contribution in [3.8, 4) is 11.3 Å². The molecule has 3 heterocycles. The van der Waals surface area contributed by atoms with Crippen molar-refractivity contribution in [1.82, 2.24) is 28.8 Å². The van der Waals surface area contributed by atoms with E-state index in [1.54, 1.807) is 38.9 Å². The molecule has 0 saturated carbocycles. The molecule has 23 heavy (non-hydrogen) atoms. The lowest BCUT2D eigenvalue weighted by Gasteiger charge is -2.20. The van der Waals surface area contributed by atoms with Crippen molar-refractivity contribution in [3.05, 3.63) is 30.5 Å². The van der Waals surface area contributed by atoms with E-state index in [2.05, 4.69) is 20.2 Å². The molecular weight excluding hydrogens is 316 g/mol. The van der Waals surface area contributed by atoms with Gasteiger partial charge in [0.1, 0.15) is 0 Å². The van der Waals surface area contributed by atoms with E-state index in [1.807, 2.05) is 0 Å². The van der Waals surface area contributed by atoms with E-state index in [0.717, 1.165) is 23.4 Å². The van der Waals surface area contributed by atoms with Crippen LogP contribution in [0.5, 0.6) is 0 Å². The van der Waals surface area contributed by atoms with Crippen LogP contribution in [0.2, 0.25) is 0 Å². The Hall–Kier alpha value is -1.84. The molecule has 0 amide bonds. The smallest absolute Gasteiger partial charge is 0.281 e. The van der Waals surface area contributed by atoms with Crippen LogP contribution in [-0.4, -0.2) is 64.4 Å². The molecular formula is C14H20N6O2S. The van der Waals surface area contributed by atoms with E-state index >= 15 is 0 Å². The first-order valence-corrected chi connectivity index (χ1v) is 8.85. The van der Waals surface area contributed by atoms with Gasteiger partial charge in [0.05, 0.1) is 17.6 Å². The predicted octanol–water partition coefficient (Wildman–Crippen LogP) is 0.537. The zero-order chi connectivity index (χ0) is 16.4. The number of aromatic nitrogens is 4. The van der Waals surface area contributed by atoms with Crippen LogP contribution in [-0.2, 0) is 16.6 Å². The minimum atomic E-state index is -3.34. The van der Waals surface area contributed by atoms with Crippen LogP contribution >= 0.6 is 0 Å². The second-order valence-corrected chi connectivity index (χ2v) is 7.99. The van der Waals surface area contributed by atoms with Crippen molar-refractivity contribution < 1.29 is 8.42 Å². The number of rotatable bonds is 5. The molecule has 1 aliphatic rings. The van der Waals surface area contributed by atoms with Gasteiger partial charge in [0.25, 0.3) is 10.2 Å². The fourth-order valence-electron chi connectivity index (χ4n) is 2.82. The number of hydrogen-bond acceptors (Lipinski definition) is 5. The van der Waals surface area contributed by atoms with E-state index < -0.39 is 10.2 Å². The zero-order valence-corrected chi connectivity index (χ0v) is 14.0. The summed E-state index contributed by atoms with van der Waals surface area (Å²) in [7, 11) is -0.224. The van der Waals surface area contributed by atoms with Gasteiger partial charge < -0.3 is 0 Å². The van der Waals surface area contributed by atoms with Crippen LogP contribution in [0.4, 0.5) is 0 Å². The first-order valence-electron chi connectivity index (χ1n) is 7.45. The lowest BCUT2D eigenvalue weighted by atomic mass is 10.00. The highest BCUT2D eigenvalue weighted by Crippen LogP contribution is 2.26. The Labute approximate surface area is 135 Å². The van der Waals surface area contributed by atoms with Gasteiger partial charge in [-0.1, -0.05) is 0 Å². The van der Waals surface area contributed by atoms with Gasteiger partial charge in [0.2, 0.25) is 0 Å². The Morgan fingerprint density at radius 1 is 1.35 bits per heavy atom. The average molecular weight is 336 g/mol. The molecule has 1 saturated heterocycles. The van der Waals surface area contributed by atoms with Crippen molar-refractivity contribution in [2.45, 2.75) is 12.8 Å². The van der Waals surface area contributed by atoms with E-state index in [9.17, 15) is 8.42 Å². The molecule has 1 atom stereocenters. The number of nitrogens with one attached hydrogen (secondary N) is 1. The summed E-state index contributed by atoms with van der Waals surface area (Å²) >= 11 is 0. The summed E-state index contributed by atoms with van der Waals surface area (Å²) in [6.07, 6.45) is 8.35. The maximum atomic E-state index is 12.2. The molecule has 0 aromatic carbocycles. The highest BCUT2D eigenvalue weighted by molar-refractivity contribution is 7.86. The molecule has 1 aliphatic heterocycles. The molecule has 1 unspecified atom stereocenters. The van der Waals surface area contributed by atoms with Crippen LogP contribution in [0, 0.1) is 5.92 Å². The van der Waals surface area contributed by atoms with Crippen LogP contribution in [0.25, 0.3) is 11.3 Å². The monoisotopic (exact) mass is 336 g/mol. The molecule has 0 bridgehead atoms. The number of aromatic amines is 1. The first-order chi connectivity index (χ1) is 11.0. The fourth-order valence-corrected chi connectivity index (χ4v) is 4.01. The van der Waals surface area contributed by atoms with Gasteiger partial charge in [-0.15, -0.1) is 0 Å². The van der Waals surface area contributed by atoms with Gasteiger partial charge in [0.15, 0.2) is 0 Å². The van der Waals surface area contributed by atoms with Gasteiger partial charge in [-0.2, -0.15) is 22.1 Å². The molecule has 2 aromatic rings. The highest BCUT2D eigenvalue weighted by Gasteiger charge is 2.33. The normalized spacial score (nSPS) is 19.5. The Kier molecular flexibility index (Phi) is 4.42. The highest BCUT2D eigenvalue weighted by atomic mass is 32.2. The zero-order valence-electron chi connectivity index (χ0n) is 13.2. The van der Waals surface area contributed by atoms with Crippen molar-refractivity contribution in [3.63, 3.8) is 0 Å². The average Bonchev–Trinajstić information content (AvgIpc) is 3.19. The number of nitrogens with zero attached hydrogens (tertiary/aromatic N) is 5. The summed E-state index contributed by atoms with van der Waals surface area (Å²) in [5.74, 6) is 0.243. The molecule has 0 aliphatic carbocycles. The molecule has 9 heteroatoms. The molecule has 1 N–H and O–H groups in total. The third-order valence-corrected chi connectivity index (χ3v) is 5.97. The summed E-state index contributed by atoms with van der Waals surface area (Å²) in [5, 5.41) is 6.73. The third kappa shape index (κ3) is 3.26. The van der Waals surface area contributed by atoms with E-state index in [0.29, 0.717) is 19.5 Å². The lowest BCUT2D eigenvalue weighted by Crippen LogP contribution is -2.38. The van der Waals surface area contributed by atoms with Crippen molar-refractivity contribution in [2.24, 2.45) is 5.92 Å². The SMILES string of the molecule is CN(C)S(=O)(=O)N1CCC(Cc2nccnc2-c2cn[nH]c2)C1. The van der Waals surface area contributed by atoms with Crippen LogP contribution in [0.1, 0.15) is 12.1 Å². The Morgan fingerprint density at radius 3 is 2.83 bits per heavy atom. The molecule has 1 fully saturated rings. The Bertz CT molecular complexity index is 759. The largest absolute Gasteiger partial charge is 0.285 e. The van der Waals surface area contributed by atoms with Crippen molar-refractivity contribution in [1.29, 1.82) is 0 Å². The van der Waals surface area contributed by atoms with Crippen LogP contribution < -0.4 is 0 Å². The minimum absolute atomic E-state index is 0.243. The van der Waals surface area contributed by atoms with E-state index in [-0.39, 0.29) is 5.92 Å². The quantitative estimate of drug-likeness (QED) is 0.860. The van der Waals surface area contributed by atoms with Crippen molar-refractivity contribution in [2.75, 3.05) is 27.2 Å². The molecule has 8 nitrogen and oxygen atoms in total. The standard InChI is InChI=1S/C14H20N6O2S/c1-19(2)23(21,22)20-6-3-11(10-20)7-13-14(16-5-4-15-13)12-8-17-18-9-12/h4-5,8-9,11H,3,6-7,10H2,1-2H3,(H,17,18). The second-order valence-electron chi connectivity index (χ2n) is 5.85. The Morgan fingerprint density at radius 2 is 2.13 bits per heavy atom. The van der Waals surface area contributed by atoms with E-state index in [1.165, 1.54) is 8.61 Å². The van der Waals surface area contributed by atoms with Gasteiger partial charge in [-0.25, -0.2) is 0 Å². The second kappa shape index (κ2) is 6.34. The van der Waals surface area contributed by atoms with Gasteiger partial charge in [0, 0.05) is 51.3 Å². The molecule has 2 aromatic heterocycles. The van der Waals surface area contributed by atoms with Gasteiger partial charge >= 0.3 is 0 Å².